The van der Waals surface area contributed by atoms with E-state index in [1.807, 2.05) is 48.2 Å². The zero-order chi connectivity index (χ0) is 28.1. The van der Waals surface area contributed by atoms with Crippen molar-refractivity contribution in [3.63, 3.8) is 0 Å². The summed E-state index contributed by atoms with van der Waals surface area (Å²) in [5.74, 6) is 2.11. The lowest BCUT2D eigenvalue weighted by molar-refractivity contribution is 0.484. The van der Waals surface area contributed by atoms with E-state index in [1.165, 1.54) is 5.56 Å². The average molecular weight is 552 g/mol. The molecular formula is C34H25N5OS. The summed E-state index contributed by atoms with van der Waals surface area (Å²) in [5, 5.41) is 2.27. The fourth-order valence-corrected chi connectivity index (χ4v) is 5.81. The van der Waals surface area contributed by atoms with Crippen LogP contribution in [0.4, 0.5) is 5.69 Å². The van der Waals surface area contributed by atoms with Gasteiger partial charge in [-0.3, -0.25) is 9.55 Å². The Labute approximate surface area is 241 Å². The molecule has 7 aromatic rings. The van der Waals surface area contributed by atoms with E-state index in [1.54, 1.807) is 17.4 Å². The highest BCUT2D eigenvalue weighted by Crippen LogP contribution is 2.37. The second kappa shape index (κ2) is 9.54. The number of fused-ring (bicyclic) bond motifs is 4. The summed E-state index contributed by atoms with van der Waals surface area (Å²) >= 11 is 1.55. The van der Waals surface area contributed by atoms with Crippen LogP contribution in [0.25, 0.3) is 53.9 Å². The first-order chi connectivity index (χ1) is 19.9. The predicted molar refractivity (Wildman–Crippen MR) is 166 cm³/mol. The van der Waals surface area contributed by atoms with Crippen LogP contribution in [0.3, 0.4) is 0 Å². The fraction of sp³-hybridized carbons (Fsp3) is 0.118. The van der Waals surface area contributed by atoms with Crippen LogP contribution in [0.15, 0.2) is 96.8 Å². The van der Waals surface area contributed by atoms with E-state index in [0.29, 0.717) is 17.2 Å². The second-order valence-corrected chi connectivity index (χ2v) is 11.9. The highest BCUT2D eigenvalue weighted by Gasteiger charge is 2.18. The van der Waals surface area contributed by atoms with Crippen molar-refractivity contribution in [2.45, 2.75) is 26.2 Å². The van der Waals surface area contributed by atoms with Gasteiger partial charge >= 0.3 is 0 Å². The zero-order valence-electron chi connectivity index (χ0n) is 22.8. The first-order valence-electron chi connectivity index (χ1n) is 13.3. The molecular weight excluding hydrogens is 526 g/mol. The molecule has 0 aliphatic rings. The molecule has 0 unspecified atom stereocenters. The summed E-state index contributed by atoms with van der Waals surface area (Å²) in [4.78, 5) is 17.5. The zero-order valence-corrected chi connectivity index (χ0v) is 23.6. The highest BCUT2D eigenvalue weighted by atomic mass is 32.1. The Morgan fingerprint density at radius 1 is 0.829 bits per heavy atom. The SMILES string of the molecule is [C-]#[N+]c1cc(Oc2ccc3c4ccccc4n(-c4cc(C(C)(C)C)ccn4)c3c2)cc(-c2cc3ncsc3cn2)c1. The Morgan fingerprint density at radius 3 is 2.54 bits per heavy atom. The number of hydrogen-bond donors (Lipinski definition) is 0. The van der Waals surface area contributed by atoms with Gasteiger partial charge in [0.15, 0.2) is 5.69 Å². The van der Waals surface area contributed by atoms with Crippen LogP contribution in [-0.4, -0.2) is 19.5 Å². The van der Waals surface area contributed by atoms with Crippen LogP contribution in [0.1, 0.15) is 26.3 Å². The molecule has 3 aromatic carbocycles. The van der Waals surface area contributed by atoms with E-state index in [-0.39, 0.29) is 5.41 Å². The van der Waals surface area contributed by atoms with Gasteiger partial charge in [0.2, 0.25) is 0 Å². The van der Waals surface area contributed by atoms with Gasteiger partial charge in [0.05, 0.1) is 39.0 Å². The molecule has 0 atom stereocenters. The molecule has 4 aromatic heterocycles. The van der Waals surface area contributed by atoms with Crippen molar-refractivity contribution >= 4 is 49.0 Å². The maximum absolute atomic E-state index is 7.67. The van der Waals surface area contributed by atoms with E-state index in [9.17, 15) is 0 Å². The Kier molecular flexibility index (Phi) is 5.81. The van der Waals surface area contributed by atoms with Gasteiger partial charge in [-0.05, 0) is 71.1 Å². The molecule has 0 bridgehead atoms. The van der Waals surface area contributed by atoms with Crippen molar-refractivity contribution in [2.24, 2.45) is 0 Å². The van der Waals surface area contributed by atoms with Gasteiger partial charge < -0.3 is 4.74 Å². The van der Waals surface area contributed by atoms with Crippen LogP contribution in [0.5, 0.6) is 11.5 Å². The molecule has 0 N–H and O–H groups in total. The lowest BCUT2D eigenvalue weighted by Crippen LogP contribution is -2.12. The fourth-order valence-electron chi connectivity index (χ4n) is 5.18. The lowest BCUT2D eigenvalue weighted by Gasteiger charge is -2.20. The van der Waals surface area contributed by atoms with Crippen LogP contribution >= 0.6 is 11.3 Å². The molecule has 6 nitrogen and oxygen atoms in total. The second-order valence-electron chi connectivity index (χ2n) is 11.0. The molecule has 4 heterocycles. The first-order valence-corrected chi connectivity index (χ1v) is 14.2. The number of hydrogen-bond acceptors (Lipinski definition) is 5. The number of ether oxygens (including phenoxy) is 1. The maximum atomic E-state index is 7.67. The Balaban J connectivity index is 1.34. The van der Waals surface area contributed by atoms with Crippen LogP contribution < -0.4 is 4.74 Å². The Hall–Kier alpha value is -5.06. The number of para-hydroxylation sites is 1. The van der Waals surface area contributed by atoms with Gasteiger partial charge in [-0.15, -0.1) is 11.3 Å². The van der Waals surface area contributed by atoms with Crippen molar-refractivity contribution in [3.8, 4) is 28.6 Å². The van der Waals surface area contributed by atoms with E-state index >= 15 is 0 Å². The van der Waals surface area contributed by atoms with Gasteiger partial charge in [-0.25, -0.2) is 14.8 Å². The average Bonchev–Trinajstić information content (AvgIpc) is 3.58. The molecule has 0 spiro atoms. The number of rotatable bonds is 4. The minimum absolute atomic E-state index is 0.00474. The van der Waals surface area contributed by atoms with E-state index in [4.69, 9.17) is 16.3 Å². The Morgan fingerprint density at radius 2 is 1.68 bits per heavy atom. The van der Waals surface area contributed by atoms with Crippen molar-refractivity contribution in [1.82, 2.24) is 19.5 Å². The molecule has 41 heavy (non-hydrogen) atoms. The highest BCUT2D eigenvalue weighted by molar-refractivity contribution is 7.16. The predicted octanol–water partition coefficient (Wildman–Crippen LogP) is 9.49. The molecule has 0 radical (unpaired) electrons. The number of thiazole rings is 1. The van der Waals surface area contributed by atoms with E-state index < -0.39 is 0 Å². The van der Waals surface area contributed by atoms with E-state index in [2.05, 4.69) is 82.6 Å². The summed E-state index contributed by atoms with van der Waals surface area (Å²) in [7, 11) is 0. The third-order valence-corrected chi connectivity index (χ3v) is 8.04. The number of benzene rings is 3. The summed E-state index contributed by atoms with van der Waals surface area (Å²) < 4.78 is 9.63. The summed E-state index contributed by atoms with van der Waals surface area (Å²) in [6, 6.07) is 26.2. The standard InChI is InChI=1S/C34H25N5OS/c1-34(2,3)22-11-12-36-33(15-22)39-30-8-6-5-7-26(30)27-10-9-24(17-31(27)39)40-25-14-21(13-23(16-25)35-4)28-18-29-32(19-37-28)41-20-38-29/h5-20H,1-3H3. The molecule has 0 saturated heterocycles. The first kappa shape index (κ1) is 24.9. The number of nitrogens with zero attached hydrogens (tertiary/aromatic N) is 5. The minimum Gasteiger partial charge on any atom is -0.459 e. The van der Waals surface area contributed by atoms with Crippen molar-refractivity contribution in [2.75, 3.05) is 0 Å². The third kappa shape index (κ3) is 4.48. The summed E-state index contributed by atoms with van der Waals surface area (Å²) in [6.07, 6.45) is 3.70. The Bertz CT molecular complexity index is 2150. The molecule has 7 rings (SSSR count). The molecule has 7 heteroatoms. The van der Waals surface area contributed by atoms with Crippen LogP contribution in [0.2, 0.25) is 0 Å². The quantitative estimate of drug-likeness (QED) is 0.204. The van der Waals surface area contributed by atoms with Gasteiger partial charge in [0, 0.05) is 29.2 Å². The van der Waals surface area contributed by atoms with Crippen molar-refractivity contribution in [3.05, 3.63) is 114 Å². The molecule has 0 aliphatic carbocycles. The van der Waals surface area contributed by atoms with Gasteiger partial charge in [0.1, 0.15) is 17.3 Å². The number of pyridine rings is 2. The topological polar surface area (TPSA) is 57.2 Å². The monoisotopic (exact) mass is 551 g/mol. The normalized spacial score (nSPS) is 11.8. The molecule has 0 fully saturated rings. The maximum Gasteiger partial charge on any atom is 0.191 e. The minimum atomic E-state index is -0.00474. The summed E-state index contributed by atoms with van der Waals surface area (Å²) in [5.41, 5.74) is 8.03. The van der Waals surface area contributed by atoms with Gasteiger partial charge in [-0.1, -0.05) is 39.0 Å². The van der Waals surface area contributed by atoms with Crippen LogP contribution in [-0.2, 0) is 5.41 Å². The molecule has 0 aliphatic heterocycles. The molecule has 0 amide bonds. The number of aromatic nitrogens is 4. The summed E-state index contributed by atoms with van der Waals surface area (Å²) in [6.45, 7) is 14.3. The third-order valence-electron chi connectivity index (χ3n) is 7.26. The smallest absolute Gasteiger partial charge is 0.191 e. The van der Waals surface area contributed by atoms with Crippen molar-refractivity contribution < 1.29 is 4.74 Å². The van der Waals surface area contributed by atoms with Gasteiger partial charge in [0.25, 0.3) is 0 Å². The molecule has 0 saturated carbocycles. The van der Waals surface area contributed by atoms with Crippen molar-refractivity contribution in [1.29, 1.82) is 0 Å². The van der Waals surface area contributed by atoms with Crippen LogP contribution in [0, 0.1) is 6.57 Å². The lowest BCUT2D eigenvalue weighted by atomic mass is 9.88. The van der Waals surface area contributed by atoms with Gasteiger partial charge in [-0.2, -0.15) is 0 Å². The van der Waals surface area contributed by atoms with E-state index in [0.717, 1.165) is 49.1 Å². The largest absolute Gasteiger partial charge is 0.459 e. The molecule has 198 valence electrons.